The van der Waals surface area contributed by atoms with Crippen LogP contribution >= 0.6 is 0 Å². The van der Waals surface area contributed by atoms with Crippen molar-refractivity contribution in [2.45, 2.75) is 39.2 Å². The molecule has 19 heavy (non-hydrogen) atoms. The number of carbonyl (C=O) groups excluding carboxylic acids is 1. The summed E-state index contributed by atoms with van der Waals surface area (Å²) in [7, 11) is 0. The first-order valence-electron chi connectivity index (χ1n) is 6.76. The summed E-state index contributed by atoms with van der Waals surface area (Å²) in [5, 5.41) is 1.00. The van der Waals surface area contributed by atoms with Crippen molar-refractivity contribution in [1.29, 1.82) is 0 Å². The summed E-state index contributed by atoms with van der Waals surface area (Å²) in [4.78, 5) is 16.6. The summed E-state index contributed by atoms with van der Waals surface area (Å²) in [5.74, 6) is 0.114. The summed E-state index contributed by atoms with van der Waals surface area (Å²) in [6.07, 6.45) is 2.31. The number of fused-ring (bicyclic) bond motifs is 1. The number of carbonyl (C=O) groups is 1. The van der Waals surface area contributed by atoms with Gasteiger partial charge in [-0.2, -0.15) is 0 Å². The zero-order valence-electron chi connectivity index (χ0n) is 11.5. The van der Waals surface area contributed by atoms with Gasteiger partial charge in [0.05, 0.1) is 5.52 Å². The third kappa shape index (κ3) is 3.38. The third-order valence-electron chi connectivity index (χ3n) is 3.26. The molecular formula is C16H20N2O. The second-order valence-electron chi connectivity index (χ2n) is 5.04. The summed E-state index contributed by atoms with van der Waals surface area (Å²) in [5.41, 5.74) is 8.56. The Balaban J connectivity index is 2.21. The van der Waals surface area contributed by atoms with Crippen LogP contribution in [0.5, 0.6) is 0 Å². The molecule has 3 nitrogen and oxygen atoms in total. The number of hydrogen-bond acceptors (Lipinski definition) is 3. The van der Waals surface area contributed by atoms with E-state index in [1.54, 1.807) is 0 Å². The van der Waals surface area contributed by atoms with Gasteiger partial charge in [0.15, 0.2) is 5.78 Å². The molecule has 1 atom stereocenters. The first-order valence-corrected chi connectivity index (χ1v) is 6.76. The van der Waals surface area contributed by atoms with Crippen molar-refractivity contribution < 1.29 is 4.79 Å². The molecule has 0 aliphatic carbocycles. The minimum absolute atomic E-state index is 0.0376. The van der Waals surface area contributed by atoms with E-state index in [1.807, 2.05) is 37.3 Å². The number of Topliss-reactive ketones (excluding diaryl/α,β-unsaturated/α-hetero) is 1. The molecule has 1 aromatic heterocycles. The first-order chi connectivity index (χ1) is 9.10. The number of pyridine rings is 1. The Morgan fingerprint density at radius 1 is 1.32 bits per heavy atom. The van der Waals surface area contributed by atoms with Crippen LogP contribution in [0.1, 0.15) is 42.2 Å². The van der Waals surface area contributed by atoms with Crippen molar-refractivity contribution in [3.05, 3.63) is 41.6 Å². The summed E-state index contributed by atoms with van der Waals surface area (Å²) < 4.78 is 0. The summed E-state index contributed by atoms with van der Waals surface area (Å²) in [6.45, 7) is 4.04. The van der Waals surface area contributed by atoms with Gasteiger partial charge in [-0.25, -0.2) is 0 Å². The van der Waals surface area contributed by atoms with Gasteiger partial charge in [-0.15, -0.1) is 0 Å². The van der Waals surface area contributed by atoms with Crippen LogP contribution in [-0.4, -0.2) is 16.8 Å². The highest BCUT2D eigenvalue weighted by Gasteiger charge is 2.11. The number of nitrogens with zero attached hydrogens (tertiary/aromatic N) is 1. The smallest absolute Gasteiger partial charge is 0.164 e. The second kappa shape index (κ2) is 5.93. The predicted octanol–water partition coefficient (Wildman–Crippen LogP) is 3.24. The molecular weight excluding hydrogens is 236 g/mol. The lowest BCUT2D eigenvalue weighted by molar-refractivity contribution is 0.0973. The van der Waals surface area contributed by atoms with Crippen molar-refractivity contribution in [2.24, 2.45) is 5.73 Å². The van der Waals surface area contributed by atoms with Crippen molar-refractivity contribution in [3.8, 4) is 0 Å². The van der Waals surface area contributed by atoms with Crippen LogP contribution < -0.4 is 5.73 Å². The van der Waals surface area contributed by atoms with Gasteiger partial charge in [0.2, 0.25) is 0 Å². The van der Waals surface area contributed by atoms with Crippen LogP contribution in [0.3, 0.4) is 0 Å². The first kappa shape index (κ1) is 13.7. The Morgan fingerprint density at radius 2 is 2.11 bits per heavy atom. The van der Waals surface area contributed by atoms with Gasteiger partial charge >= 0.3 is 0 Å². The Morgan fingerprint density at radius 3 is 2.84 bits per heavy atom. The molecule has 0 saturated carbocycles. The lowest BCUT2D eigenvalue weighted by Crippen LogP contribution is -2.23. The SMILES string of the molecule is CCCC(N)CC(=O)c1ccc2nc(C)ccc2c1. The maximum absolute atomic E-state index is 12.1. The van der Waals surface area contributed by atoms with Crippen LogP contribution in [0.4, 0.5) is 0 Å². The van der Waals surface area contributed by atoms with E-state index in [4.69, 9.17) is 5.73 Å². The average Bonchev–Trinajstić information content (AvgIpc) is 2.38. The van der Waals surface area contributed by atoms with E-state index in [1.165, 1.54) is 0 Å². The van der Waals surface area contributed by atoms with Gasteiger partial charge in [0.25, 0.3) is 0 Å². The number of nitrogens with two attached hydrogens (primary N) is 1. The second-order valence-corrected chi connectivity index (χ2v) is 5.04. The molecule has 100 valence electrons. The predicted molar refractivity (Wildman–Crippen MR) is 78.3 cm³/mol. The Kier molecular flexibility index (Phi) is 4.27. The van der Waals surface area contributed by atoms with Crippen molar-refractivity contribution in [1.82, 2.24) is 4.98 Å². The zero-order chi connectivity index (χ0) is 13.8. The molecule has 0 aliphatic heterocycles. The molecule has 1 unspecified atom stereocenters. The summed E-state index contributed by atoms with van der Waals surface area (Å²) in [6, 6.07) is 9.57. The quantitative estimate of drug-likeness (QED) is 0.835. The monoisotopic (exact) mass is 256 g/mol. The number of benzene rings is 1. The van der Waals surface area contributed by atoms with Gasteiger partial charge in [0.1, 0.15) is 0 Å². The molecule has 1 heterocycles. The number of hydrogen-bond donors (Lipinski definition) is 1. The fraction of sp³-hybridized carbons (Fsp3) is 0.375. The number of aryl methyl sites for hydroxylation is 1. The average molecular weight is 256 g/mol. The van der Waals surface area contributed by atoms with E-state index >= 15 is 0 Å². The third-order valence-corrected chi connectivity index (χ3v) is 3.26. The van der Waals surface area contributed by atoms with Crippen LogP contribution in [0.2, 0.25) is 0 Å². The van der Waals surface area contributed by atoms with E-state index < -0.39 is 0 Å². The largest absolute Gasteiger partial charge is 0.327 e. The Bertz CT molecular complexity index is 592. The zero-order valence-corrected chi connectivity index (χ0v) is 11.5. The van der Waals surface area contributed by atoms with E-state index in [9.17, 15) is 4.79 Å². The molecule has 2 N–H and O–H groups in total. The van der Waals surface area contributed by atoms with E-state index in [0.29, 0.717) is 6.42 Å². The fourth-order valence-corrected chi connectivity index (χ4v) is 2.23. The highest BCUT2D eigenvalue weighted by molar-refractivity contribution is 5.99. The van der Waals surface area contributed by atoms with Gasteiger partial charge in [-0.05, 0) is 37.6 Å². The summed E-state index contributed by atoms with van der Waals surface area (Å²) >= 11 is 0. The van der Waals surface area contributed by atoms with Crippen LogP contribution in [0, 0.1) is 6.92 Å². The van der Waals surface area contributed by atoms with Gasteiger partial charge in [0, 0.05) is 29.1 Å². The highest BCUT2D eigenvalue weighted by Crippen LogP contribution is 2.16. The molecule has 0 amide bonds. The molecule has 3 heteroatoms. The van der Waals surface area contributed by atoms with Crippen LogP contribution in [0.15, 0.2) is 30.3 Å². The number of rotatable bonds is 5. The van der Waals surface area contributed by atoms with E-state index in [-0.39, 0.29) is 11.8 Å². The van der Waals surface area contributed by atoms with Gasteiger partial charge in [-0.3, -0.25) is 9.78 Å². The standard InChI is InChI=1S/C16H20N2O/c1-3-4-14(17)10-16(19)13-7-8-15-12(9-13)6-5-11(2)18-15/h5-9,14H,3-4,10,17H2,1-2H3. The van der Waals surface area contributed by atoms with Gasteiger partial charge < -0.3 is 5.73 Å². The maximum atomic E-state index is 12.1. The Labute approximate surface area is 113 Å². The molecule has 0 bridgehead atoms. The van der Waals surface area contributed by atoms with Crippen molar-refractivity contribution >= 4 is 16.7 Å². The van der Waals surface area contributed by atoms with Crippen LogP contribution in [-0.2, 0) is 0 Å². The molecule has 2 aromatic rings. The molecule has 0 aliphatic rings. The van der Waals surface area contributed by atoms with Gasteiger partial charge in [-0.1, -0.05) is 19.4 Å². The van der Waals surface area contributed by atoms with Crippen LogP contribution in [0.25, 0.3) is 10.9 Å². The molecule has 0 spiro atoms. The number of ketones is 1. The highest BCUT2D eigenvalue weighted by atomic mass is 16.1. The molecule has 1 aromatic carbocycles. The normalized spacial score (nSPS) is 12.6. The van der Waals surface area contributed by atoms with E-state index in [2.05, 4.69) is 11.9 Å². The lowest BCUT2D eigenvalue weighted by atomic mass is 10.00. The Hall–Kier alpha value is -1.74. The molecule has 0 radical (unpaired) electrons. The molecule has 2 rings (SSSR count). The van der Waals surface area contributed by atoms with E-state index in [0.717, 1.165) is 35.0 Å². The lowest BCUT2D eigenvalue weighted by Gasteiger charge is -2.09. The topological polar surface area (TPSA) is 56.0 Å². The number of aromatic nitrogens is 1. The molecule has 0 saturated heterocycles. The maximum Gasteiger partial charge on any atom is 0.164 e. The van der Waals surface area contributed by atoms with Crippen molar-refractivity contribution in [3.63, 3.8) is 0 Å². The fourth-order valence-electron chi connectivity index (χ4n) is 2.23. The minimum Gasteiger partial charge on any atom is -0.327 e. The molecule has 0 fully saturated rings. The minimum atomic E-state index is -0.0376. The van der Waals surface area contributed by atoms with Crippen molar-refractivity contribution in [2.75, 3.05) is 0 Å².